The summed E-state index contributed by atoms with van der Waals surface area (Å²) in [7, 11) is 0. The van der Waals surface area contributed by atoms with Crippen molar-refractivity contribution >= 4 is 0 Å². The van der Waals surface area contributed by atoms with Gasteiger partial charge < -0.3 is 5.11 Å². The van der Waals surface area contributed by atoms with E-state index in [0.717, 1.165) is 6.54 Å². The lowest BCUT2D eigenvalue weighted by atomic mass is 10.1. The van der Waals surface area contributed by atoms with Gasteiger partial charge in [-0.25, -0.2) is 0 Å². The van der Waals surface area contributed by atoms with Crippen molar-refractivity contribution in [3.05, 3.63) is 0 Å². The lowest BCUT2D eigenvalue weighted by Crippen LogP contribution is -2.30. The molecule has 2 heteroatoms. The lowest BCUT2D eigenvalue weighted by molar-refractivity contribution is 0.118. The first-order chi connectivity index (χ1) is 6.64. The predicted octanol–water partition coefficient (Wildman–Crippen LogP) is 1.64. The molecule has 0 amide bonds. The summed E-state index contributed by atoms with van der Waals surface area (Å²) in [6, 6.07) is 0. The Morgan fingerprint density at radius 2 is 1.93 bits per heavy atom. The van der Waals surface area contributed by atoms with Gasteiger partial charge in [-0.05, 0) is 39.3 Å². The topological polar surface area (TPSA) is 23.5 Å². The number of rotatable bonds is 2. The zero-order chi connectivity index (χ0) is 10.4. The molecule has 1 atom stereocenters. The molecular weight excluding hydrogens is 174 g/mol. The molecule has 14 heavy (non-hydrogen) atoms. The van der Waals surface area contributed by atoms with Crippen LogP contribution in [0.5, 0.6) is 0 Å². The Morgan fingerprint density at radius 3 is 2.50 bits per heavy atom. The van der Waals surface area contributed by atoms with E-state index in [2.05, 4.69) is 16.7 Å². The van der Waals surface area contributed by atoms with Crippen molar-refractivity contribution in [3.63, 3.8) is 0 Å². The monoisotopic (exact) mass is 195 g/mol. The molecule has 1 heterocycles. The first kappa shape index (κ1) is 11.6. The van der Waals surface area contributed by atoms with Crippen LogP contribution < -0.4 is 0 Å². The Bertz CT molecular complexity index is 218. The third-order valence-electron chi connectivity index (χ3n) is 2.80. The van der Waals surface area contributed by atoms with Gasteiger partial charge in [-0.2, -0.15) is 0 Å². The van der Waals surface area contributed by atoms with E-state index < -0.39 is 5.60 Å². The maximum Gasteiger partial charge on any atom is 0.122 e. The number of nitrogens with zero attached hydrogens (tertiary/aromatic N) is 1. The average Bonchev–Trinajstić information content (AvgIpc) is 2.19. The number of likely N-dealkylation sites (tertiary alicyclic amines) is 1. The minimum atomic E-state index is -0.796. The van der Waals surface area contributed by atoms with Crippen LogP contribution in [0, 0.1) is 11.8 Å². The second-order valence-electron chi connectivity index (χ2n) is 4.27. The predicted molar refractivity (Wildman–Crippen MR) is 59.0 cm³/mol. The van der Waals surface area contributed by atoms with Crippen molar-refractivity contribution in [2.24, 2.45) is 0 Å². The Kier molecular flexibility index (Phi) is 4.44. The number of piperidine rings is 1. The smallest absolute Gasteiger partial charge is 0.122 e. The van der Waals surface area contributed by atoms with Gasteiger partial charge in [-0.15, -0.1) is 0 Å². The highest BCUT2D eigenvalue weighted by atomic mass is 16.3. The summed E-state index contributed by atoms with van der Waals surface area (Å²) in [6.45, 7) is 6.88. The van der Waals surface area contributed by atoms with E-state index in [4.69, 9.17) is 0 Å². The molecule has 0 bridgehead atoms. The van der Waals surface area contributed by atoms with E-state index in [9.17, 15) is 5.11 Å². The maximum absolute atomic E-state index is 9.66. The summed E-state index contributed by atoms with van der Waals surface area (Å²) in [5, 5.41) is 9.66. The molecular formula is C12H21NO. The van der Waals surface area contributed by atoms with E-state index in [1.54, 1.807) is 6.92 Å². The van der Waals surface area contributed by atoms with E-state index in [1.807, 2.05) is 6.92 Å². The number of hydrogen-bond acceptors (Lipinski definition) is 2. The highest BCUT2D eigenvalue weighted by molar-refractivity contribution is 5.12. The molecule has 0 aromatic heterocycles. The van der Waals surface area contributed by atoms with Gasteiger partial charge in [0.25, 0.3) is 0 Å². The summed E-state index contributed by atoms with van der Waals surface area (Å²) < 4.78 is 0. The third kappa shape index (κ3) is 4.13. The minimum absolute atomic E-state index is 0.694. The van der Waals surface area contributed by atoms with E-state index in [-0.39, 0.29) is 0 Å². The first-order valence-electron chi connectivity index (χ1n) is 5.59. The molecule has 1 aliphatic heterocycles. The van der Waals surface area contributed by atoms with Crippen molar-refractivity contribution in [1.82, 2.24) is 4.90 Å². The third-order valence-corrected chi connectivity index (χ3v) is 2.80. The van der Waals surface area contributed by atoms with Gasteiger partial charge in [-0.3, -0.25) is 4.90 Å². The van der Waals surface area contributed by atoms with Crippen LogP contribution in [0.2, 0.25) is 0 Å². The number of aliphatic hydroxyl groups is 1. The van der Waals surface area contributed by atoms with Gasteiger partial charge in [0.2, 0.25) is 0 Å². The van der Waals surface area contributed by atoms with Crippen molar-refractivity contribution in [2.75, 3.05) is 19.6 Å². The molecule has 1 fully saturated rings. The van der Waals surface area contributed by atoms with Crippen molar-refractivity contribution in [1.29, 1.82) is 0 Å². The fourth-order valence-electron chi connectivity index (χ4n) is 1.55. The molecule has 0 radical (unpaired) electrons. The zero-order valence-corrected chi connectivity index (χ0v) is 9.34. The Balaban J connectivity index is 2.30. The van der Waals surface area contributed by atoms with Gasteiger partial charge in [0, 0.05) is 0 Å². The molecule has 2 nitrogen and oxygen atoms in total. The van der Waals surface area contributed by atoms with Crippen molar-refractivity contribution in [2.45, 2.75) is 45.1 Å². The summed E-state index contributed by atoms with van der Waals surface area (Å²) in [5.41, 5.74) is -0.796. The van der Waals surface area contributed by atoms with Crippen LogP contribution >= 0.6 is 0 Å². The fraction of sp³-hybridized carbons (Fsp3) is 0.833. The van der Waals surface area contributed by atoms with Crippen LogP contribution in [-0.2, 0) is 0 Å². The molecule has 80 valence electrons. The molecule has 1 N–H and O–H groups in total. The van der Waals surface area contributed by atoms with Gasteiger partial charge in [-0.1, -0.05) is 25.2 Å². The highest BCUT2D eigenvalue weighted by Gasteiger charge is 2.13. The Labute approximate surface area is 87.3 Å². The van der Waals surface area contributed by atoms with Gasteiger partial charge >= 0.3 is 0 Å². The Morgan fingerprint density at radius 1 is 1.29 bits per heavy atom. The van der Waals surface area contributed by atoms with Crippen LogP contribution in [-0.4, -0.2) is 35.2 Å². The normalized spacial score (nSPS) is 22.2. The summed E-state index contributed by atoms with van der Waals surface area (Å²) in [6.07, 6.45) is 4.65. The molecule has 0 aromatic rings. The van der Waals surface area contributed by atoms with Crippen molar-refractivity contribution < 1.29 is 5.11 Å². The zero-order valence-electron chi connectivity index (χ0n) is 9.34. The second kappa shape index (κ2) is 5.38. The van der Waals surface area contributed by atoms with Crippen LogP contribution in [0.15, 0.2) is 0 Å². The van der Waals surface area contributed by atoms with Crippen LogP contribution in [0.25, 0.3) is 0 Å². The molecule has 0 saturated carbocycles. The molecule has 1 rings (SSSR count). The summed E-state index contributed by atoms with van der Waals surface area (Å²) >= 11 is 0. The minimum Gasteiger partial charge on any atom is -0.378 e. The molecule has 1 aliphatic rings. The molecule has 0 aliphatic carbocycles. The van der Waals surface area contributed by atoms with Crippen LogP contribution in [0.4, 0.5) is 0 Å². The van der Waals surface area contributed by atoms with E-state index in [0.29, 0.717) is 6.42 Å². The van der Waals surface area contributed by atoms with Crippen LogP contribution in [0.1, 0.15) is 39.5 Å². The molecule has 1 saturated heterocycles. The summed E-state index contributed by atoms with van der Waals surface area (Å²) in [4.78, 5) is 2.36. The highest BCUT2D eigenvalue weighted by Crippen LogP contribution is 2.08. The fourth-order valence-corrected chi connectivity index (χ4v) is 1.55. The maximum atomic E-state index is 9.66. The number of hydrogen-bond donors (Lipinski definition) is 1. The lowest BCUT2D eigenvalue weighted by Gasteiger charge is -2.24. The molecule has 0 spiro atoms. The molecule has 0 aromatic carbocycles. The standard InChI is InChI=1S/C12H21NO/c1-3-12(2,14)8-7-11-13-9-5-4-6-10-13/h14H,3-6,9-11H2,1-2H3/t12-/m0/s1. The van der Waals surface area contributed by atoms with Gasteiger partial charge in [0.05, 0.1) is 6.54 Å². The van der Waals surface area contributed by atoms with Gasteiger partial charge in [0.15, 0.2) is 0 Å². The Hall–Kier alpha value is -0.520. The van der Waals surface area contributed by atoms with Gasteiger partial charge in [0.1, 0.15) is 5.60 Å². The largest absolute Gasteiger partial charge is 0.378 e. The second-order valence-corrected chi connectivity index (χ2v) is 4.27. The van der Waals surface area contributed by atoms with E-state index >= 15 is 0 Å². The summed E-state index contributed by atoms with van der Waals surface area (Å²) in [5.74, 6) is 5.99. The SMILES string of the molecule is CC[C@](C)(O)C#CCN1CCCCC1. The van der Waals surface area contributed by atoms with Crippen LogP contribution in [0.3, 0.4) is 0 Å². The quantitative estimate of drug-likeness (QED) is 0.677. The molecule has 0 unspecified atom stereocenters. The van der Waals surface area contributed by atoms with Crippen molar-refractivity contribution in [3.8, 4) is 11.8 Å². The van der Waals surface area contributed by atoms with E-state index in [1.165, 1.54) is 32.4 Å². The first-order valence-corrected chi connectivity index (χ1v) is 5.59. The average molecular weight is 195 g/mol.